The molecule has 0 radical (unpaired) electrons. The number of hydrogen-bond donors (Lipinski definition) is 1. The third-order valence-corrected chi connectivity index (χ3v) is 2.13. The van der Waals surface area contributed by atoms with Gasteiger partial charge in [-0.3, -0.25) is 4.79 Å². The Hall–Kier alpha value is -1.81. The zero-order chi connectivity index (χ0) is 12.5. The fraction of sp³-hybridized carbons (Fsp3) is 0.308. The SMILES string of the molecule is CCOC=O.OCC1=Cc2ccccc2OC1. The lowest BCUT2D eigenvalue weighted by atomic mass is 10.1. The highest BCUT2D eigenvalue weighted by Crippen LogP contribution is 2.25. The van der Waals surface area contributed by atoms with Gasteiger partial charge in [0.15, 0.2) is 0 Å². The van der Waals surface area contributed by atoms with Crippen molar-refractivity contribution in [3.8, 4) is 5.75 Å². The number of ether oxygens (including phenoxy) is 2. The summed E-state index contributed by atoms with van der Waals surface area (Å²) in [5.74, 6) is 0.898. The Balaban J connectivity index is 0.000000249. The van der Waals surface area contributed by atoms with Crippen molar-refractivity contribution in [1.82, 2.24) is 0 Å². The predicted molar refractivity (Wildman–Crippen MR) is 64.7 cm³/mol. The minimum absolute atomic E-state index is 0.0777. The van der Waals surface area contributed by atoms with E-state index in [2.05, 4.69) is 4.74 Å². The lowest BCUT2D eigenvalue weighted by Gasteiger charge is -2.15. The molecule has 2 rings (SSSR count). The standard InChI is InChI=1S/C10H10O2.C3H6O2/c11-6-8-5-9-3-1-2-4-10(9)12-7-8;1-2-5-3-4/h1-5,11H,6-7H2;3H,2H2,1H3. The van der Waals surface area contributed by atoms with E-state index in [0.717, 1.165) is 16.9 Å². The quantitative estimate of drug-likeness (QED) is 0.810. The Labute approximate surface area is 100 Å². The van der Waals surface area contributed by atoms with E-state index in [-0.39, 0.29) is 6.61 Å². The van der Waals surface area contributed by atoms with E-state index in [4.69, 9.17) is 9.84 Å². The Kier molecular flexibility index (Phi) is 5.82. The van der Waals surface area contributed by atoms with Crippen LogP contribution in [0, 0.1) is 0 Å². The minimum Gasteiger partial charge on any atom is -0.489 e. The molecule has 0 aliphatic carbocycles. The van der Waals surface area contributed by atoms with Crippen molar-refractivity contribution in [3.63, 3.8) is 0 Å². The zero-order valence-electron chi connectivity index (χ0n) is 9.76. The van der Waals surface area contributed by atoms with Gasteiger partial charge in [-0.15, -0.1) is 0 Å². The summed E-state index contributed by atoms with van der Waals surface area (Å²) >= 11 is 0. The molecule has 0 saturated heterocycles. The number of benzene rings is 1. The van der Waals surface area contributed by atoms with E-state index in [1.165, 1.54) is 0 Å². The van der Waals surface area contributed by atoms with E-state index in [1.54, 1.807) is 6.92 Å². The molecule has 0 atom stereocenters. The van der Waals surface area contributed by atoms with Crippen molar-refractivity contribution in [2.75, 3.05) is 19.8 Å². The minimum atomic E-state index is 0.0777. The third-order valence-electron chi connectivity index (χ3n) is 2.13. The van der Waals surface area contributed by atoms with Crippen LogP contribution in [0.15, 0.2) is 29.8 Å². The van der Waals surface area contributed by atoms with Gasteiger partial charge in [-0.05, 0) is 24.6 Å². The van der Waals surface area contributed by atoms with Crippen LogP contribution in [0.4, 0.5) is 0 Å². The first-order chi connectivity index (χ1) is 8.31. The van der Waals surface area contributed by atoms with Crippen LogP contribution in [0.2, 0.25) is 0 Å². The average molecular weight is 236 g/mol. The molecule has 1 aliphatic rings. The van der Waals surface area contributed by atoms with Gasteiger partial charge in [-0.2, -0.15) is 0 Å². The van der Waals surface area contributed by atoms with Gasteiger partial charge in [0.1, 0.15) is 12.4 Å². The number of para-hydroxylation sites is 1. The van der Waals surface area contributed by atoms with E-state index in [0.29, 0.717) is 19.7 Å². The second-order valence-corrected chi connectivity index (χ2v) is 3.34. The highest BCUT2D eigenvalue weighted by atomic mass is 16.5. The molecule has 0 amide bonds. The van der Waals surface area contributed by atoms with Gasteiger partial charge in [-0.25, -0.2) is 0 Å². The summed E-state index contributed by atoms with van der Waals surface area (Å²) in [6.07, 6.45) is 1.97. The number of hydrogen-bond acceptors (Lipinski definition) is 4. The average Bonchev–Trinajstić information content (AvgIpc) is 2.40. The van der Waals surface area contributed by atoms with Gasteiger partial charge in [-0.1, -0.05) is 18.2 Å². The Morgan fingerprint density at radius 2 is 2.24 bits per heavy atom. The Morgan fingerprint density at radius 1 is 1.47 bits per heavy atom. The first-order valence-corrected chi connectivity index (χ1v) is 5.39. The van der Waals surface area contributed by atoms with E-state index in [1.807, 2.05) is 30.3 Å². The highest BCUT2D eigenvalue weighted by Gasteiger charge is 2.08. The molecule has 1 aliphatic heterocycles. The number of fused-ring (bicyclic) bond motifs is 1. The van der Waals surface area contributed by atoms with Crippen molar-refractivity contribution in [2.45, 2.75) is 6.92 Å². The molecule has 0 fully saturated rings. The maximum absolute atomic E-state index is 9.18. The van der Waals surface area contributed by atoms with E-state index < -0.39 is 0 Å². The molecule has 0 bridgehead atoms. The molecule has 17 heavy (non-hydrogen) atoms. The summed E-state index contributed by atoms with van der Waals surface area (Å²) in [5, 5.41) is 8.87. The first kappa shape index (κ1) is 13.3. The Bertz CT molecular complexity index is 385. The predicted octanol–water partition coefficient (Wildman–Crippen LogP) is 1.63. The molecule has 0 aromatic heterocycles. The van der Waals surface area contributed by atoms with Crippen LogP contribution >= 0.6 is 0 Å². The van der Waals surface area contributed by atoms with Crippen molar-refractivity contribution in [1.29, 1.82) is 0 Å². The molecule has 1 heterocycles. The van der Waals surface area contributed by atoms with Gasteiger partial charge in [0.2, 0.25) is 0 Å². The van der Waals surface area contributed by atoms with Gasteiger partial charge in [0.05, 0.1) is 13.2 Å². The van der Waals surface area contributed by atoms with Gasteiger partial charge in [0.25, 0.3) is 6.47 Å². The summed E-state index contributed by atoms with van der Waals surface area (Å²) in [6, 6.07) is 7.81. The summed E-state index contributed by atoms with van der Waals surface area (Å²) in [7, 11) is 0. The first-order valence-electron chi connectivity index (χ1n) is 5.39. The number of aliphatic hydroxyl groups excluding tert-OH is 1. The van der Waals surface area contributed by atoms with Crippen molar-refractivity contribution in [2.24, 2.45) is 0 Å². The monoisotopic (exact) mass is 236 g/mol. The topological polar surface area (TPSA) is 55.8 Å². The molecule has 1 N–H and O–H groups in total. The van der Waals surface area contributed by atoms with Gasteiger partial charge < -0.3 is 14.6 Å². The van der Waals surface area contributed by atoms with Gasteiger partial charge >= 0.3 is 0 Å². The molecule has 4 nitrogen and oxygen atoms in total. The van der Waals surface area contributed by atoms with Crippen molar-refractivity contribution >= 4 is 12.5 Å². The number of aliphatic hydroxyl groups is 1. The molecule has 92 valence electrons. The number of carbonyl (C=O) groups is 1. The molecule has 0 unspecified atom stereocenters. The van der Waals surface area contributed by atoms with Gasteiger partial charge in [0, 0.05) is 5.56 Å². The lowest BCUT2D eigenvalue weighted by molar-refractivity contribution is -0.128. The zero-order valence-corrected chi connectivity index (χ0v) is 9.76. The van der Waals surface area contributed by atoms with Crippen LogP contribution in [0.3, 0.4) is 0 Å². The van der Waals surface area contributed by atoms with Crippen LogP contribution in [-0.2, 0) is 9.53 Å². The molecule has 1 aromatic rings. The normalized spacial score (nSPS) is 12.2. The molecule has 1 aromatic carbocycles. The smallest absolute Gasteiger partial charge is 0.293 e. The summed E-state index contributed by atoms with van der Waals surface area (Å²) in [5.41, 5.74) is 1.97. The molecular weight excluding hydrogens is 220 g/mol. The molecule has 4 heteroatoms. The molecule has 0 saturated carbocycles. The fourth-order valence-corrected chi connectivity index (χ4v) is 1.32. The number of rotatable bonds is 3. The third kappa shape index (κ3) is 4.28. The fourth-order valence-electron chi connectivity index (χ4n) is 1.32. The lowest BCUT2D eigenvalue weighted by Crippen LogP contribution is -2.09. The summed E-state index contributed by atoms with van der Waals surface area (Å²) < 4.78 is 9.55. The summed E-state index contributed by atoms with van der Waals surface area (Å²) in [6.45, 7) is 3.25. The number of carbonyl (C=O) groups excluding carboxylic acids is 1. The Morgan fingerprint density at radius 3 is 2.82 bits per heavy atom. The van der Waals surface area contributed by atoms with Crippen LogP contribution in [0.25, 0.3) is 6.08 Å². The van der Waals surface area contributed by atoms with Crippen LogP contribution in [-0.4, -0.2) is 31.4 Å². The van der Waals surface area contributed by atoms with Crippen molar-refractivity contribution in [3.05, 3.63) is 35.4 Å². The van der Waals surface area contributed by atoms with Crippen LogP contribution in [0.1, 0.15) is 12.5 Å². The second-order valence-electron chi connectivity index (χ2n) is 3.34. The molecular formula is C13H16O4. The van der Waals surface area contributed by atoms with Crippen molar-refractivity contribution < 1.29 is 19.4 Å². The van der Waals surface area contributed by atoms with Crippen LogP contribution < -0.4 is 4.74 Å². The maximum atomic E-state index is 9.18. The maximum Gasteiger partial charge on any atom is 0.293 e. The molecule has 0 spiro atoms. The largest absolute Gasteiger partial charge is 0.489 e. The highest BCUT2D eigenvalue weighted by molar-refractivity contribution is 5.62. The second kappa shape index (κ2) is 7.46. The van der Waals surface area contributed by atoms with E-state index in [9.17, 15) is 4.79 Å². The van der Waals surface area contributed by atoms with Crippen LogP contribution in [0.5, 0.6) is 5.75 Å². The summed E-state index contributed by atoms with van der Waals surface area (Å²) in [4.78, 5) is 9.18. The van der Waals surface area contributed by atoms with E-state index >= 15 is 0 Å².